The Balaban J connectivity index is 1.30. The van der Waals surface area contributed by atoms with Crippen LogP contribution in [0.5, 0.6) is 0 Å². The van der Waals surface area contributed by atoms with Crippen LogP contribution in [0.3, 0.4) is 0 Å². The summed E-state index contributed by atoms with van der Waals surface area (Å²) >= 11 is 1.59. The molecule has 2 fully saturated rings. The van der Waals surface area contributed by atoms with E-state index in [4.69, 9.17) is 9.47 Å². The molecule has 1 aromatic heterocycles. The van der Waals surface area contributed by atoms with Gasteiger partial charge < -0.3 is 24.8 Å². The minimum atomic E-state index is -5.03. The van der Waals surface area contributed by atoms with Crippen molar-refractivity contribution in [3.05, 3.63) is 89.6 Å². The topological polar surface area (TPSA) is 101 Å². The maximum atomic E-state index is 13.0. The minimum absolute atomic E-state index is 0.0141. The fourth-order valence-electron chi connectivity index (χ4n) is 5.30. The number of rotatable bonds is 8. The van der Waals surface area contributed by atoms with Crippen LogP contribution in [0.15, 0.2) is 78.0 Å². The summed E-state index contributed by atoms with van der Waals surface area (Å²) < 4.78 is 51.8. The molecule has 12 heteroatoms. The van der Waals surface area contributed by atoms with Gasteiger partial charge in [0.15, 0.2) is 6.29 Å². The number of likely N-dealkylation sites (tertiary alicyclic amines) is 1. The van der Waals surface area contributed by atoms with Gasteiger partial charge in [0.2, 0.25) is 5.91 Å². The zero-order chi connectivity index (χ0) is 30.6. The van der Waals surface area contributed by atoms with Crippen LogP contribution in [0.25, 0.3) is 0 Å². The highest BCUT2D eigenvalue weighted by Gasteiger charge is 2.47. The van der Waals surface area contributed by atoms with E-state index in [1.165, 1.54) is 0 Å². The maximum Gasteiger partial charge on any atom is 0.471 e. The number of aliphatic hydroxyl groups excluding tert-OH is 1. The number of aliphatic hydroxyl groups is 1. The van der Waals surface area contributed by atoms with E-state index >= 15 is 0 Å². The first-order chi connectivity index (χ1) is 20.6. The number of carbonyl (C=O) groups is 2. The second-order valence-corrected chi connectivity index (χ2v) is 11.6. The Morgan fingerprint density at radius 3 is 2.42 bits per heavy atom. The van der Waals surface area contributed by atoms with Crippen molar-refractivity contribution in [3.63, 3.8) is 0 Å². The summed E-state index contributed by atoms with van der Waals surface area (Å²) in [5.41, 5.74) is 2.82. The molecule has 2 N–H and O–H groups in total. The van der Waals surface area contributed by atoms with Gasteiger partial charge in [-0.2, -0.15) is 13.2 Å². The monoisotopic (exact) mass is 615 g/mol. The van der Waals surface area contributed by atoms with E-state index in [1.54, 1.807) is 42.2 Å². The Labute approximate surface area is 251 Å². The predicted molar refractivity (Wildman–Crippen MR) is 154 cm³/mol. The first-order valence-corrected chi connectivity index (χ1v) is 15.0. The summed E-state index contributed by atoms with van der Waals surface area (Å²) in [6.07, 6.45) is -4.05. The summed E-state index contributed by atoms with van der Waals surface area (Å²) in [5, 5.41) is 13.0. The van der Waals surface area contributed by atoms with E-state index in [1.807, 2.05) is 42.5 Å². The zero-order valence-electron chi connectivity index (χ0n) is 23.4. The average Bonchev–Trinajstić information content (AvgIpc) is 3.51. The van der Waals surface area contributed by atoms with Gasteiger partial charge in [0.25, 0.3) is 0 Å². The molecule has 2 saturated heterocycles. The number of benzene rings is 2. The number of halogens is 3. The van der Waals surface area contributed by atoms with Gasteiger partial charge in [-0.25, -0.2) is 4.98 Å². The predicted octanol–water partition coefficient (Wildman–Crippen LogP) is 5.65. The highest BCUT2D eigenvalue weighted by atomic mass is 32.2. The number of pyridine rings is 1. The van der Waals surface area contributed by atoms with Crippen LogP contribution >= 0.6 is 11.8 Å². The van der Waals surface area contributed by atoms with E-state index in [-0.39, 0.29) is 37.7 Å². The second kappa shape index (κ2) is 13.5. The lowest BCUT2D eigenvalue weighted by Crippen LogP contribution is -2.48. The van der Waals surface area contributed by atoms with E-state index in [9.17, 15) is 27.9 Å². The van der Waals surface area contributed by atoms with Gasteiger partial charge in [-0.05, 0) is 48.2 Å². The third-order valence-corrected chi connectivity index (χ3v) is 8.70. The third-order valence-electron chi connectivity index (χ3n) is 7.67. The molecular weight excluding hydrogens is 583 g/mol. The zero-order valence-corrected chi connectivity index (χ0v) is 24.2. The third kappa shape index (κ3) is 7.38. The molecule has 228 valence electrons. The summed E-state index contributed by atoms with van der Waals surface area (Å²) in [4.78, 5) is 29.6. The molecule has 2 aliphatic heterocycles. The largest absolute Gasteiger partial charge is 0.471 e. The number of carbonyl (C=O) groups excluding carboxylic acids is 2. The molecular formula is C31H32F3N3O5S. The number of hydrogen-bond acceptors (Lipinski definition) is 7. The molecule has 2 aliphatic rings. The highest BCUT2D eigenvalue weighted by molar-refractivity contribution is 7.99. The van der Waals surface area contributed by atoms with Gasteiger partial charge in [0.1, 0.15) is 6.04 Å². The summed E-state index contributed by atoms with van der Waals surface area (Å²) in [5.74, 6) is -2.05. The van der Waals surface area contributed by atoms with Gasteiger partial charge in [-0.1, -0.05) is 49.4 Å². The molecule has 5 rings (SSSR count). The van der Waals surface area contributed by atoms with Crippen LogP contribution in [0.1, 0.15) is 48.8 Å². The molecule has 0 saturated carbocycles. The van der Waals surface area contributed by atoms with Gasteiger partial charge in [0, 0.05) is 35.7 Å². The summed E-state index contributed by atoms with van der Waals surface area (Å²) in [6.45, 7) is 1.89. The number of nitrogens with one attached hydrogen (secondary N) is 1. The van der Waals surface area contributed by atoms with E-state index in [0.29, 0.717) is 28.3 Å². The number of nitrogens with zero attached hydrogens (tertiary/aromatic N) is 2. The second-order valence-electron chi connectivity index (χ2n) is 10.6. The van der Waals surface area contributed by atoms with E-state index in [0.717, 1.165) is 16.2 Å². The molecule has 0 unspecified atom stereocenters. The molecule has 2 amide bonds. The van der Waals surface area contributed by atoms with Crippen LogP contribution < -0.4 is 5.32 Å². The molecule has 3 heterocycles. The molecule has 2 aromatic carbocycles. The highest BCUT2D eigenvalue weighted by Crippen LogP contribution is 2.43. The number of aromatic nitrogens is 1. The van der Waals surface area contributed by atoms with Crippen molar-refractivity contribution in [1.29, 1.82) is 0 Å². The van der Waals surface area contributed by atoms with Crippen molar-refractivity contribution in [2.75, 3.05) is 17.6 Å². The quantitative estimate of drug-likeness (QED) is 0.316. The van der Waals surface area contributed by atoms with Crippen LogP contribution in [0, 0.1) is 5.92 Å². The molecule has 0 aliphatic carbocycles. The first kappa shape index (κ1) is 31.0. The van der Waals surface area contributed by atoms with Gasteiger partial charge >= 0.3 is 12.1 Å². The van der Waals surface area contributed by atoms with Crippen molar-refractivity contribution in [2.24, 2.45) is 5.92 Å². The van der Waals surface area contributed by atoms with Gasteiger partial charge in [-0.15, -0.1) is 11.8 Å². The van der Waals surface area contributed by atoms with Gasteiger partial charge in [0.05, 0.1) is 23.8 Å². The Hall–Kier alpha value is -3.45. The molecule has 8 nitrogen and oxygen atoms in total. The minimum Gasteiger partial charge on any atom is -0.392 e. The van der Waals surface area contributed by atoms with Crippen molar-refractivity contribution in [3.8, 4) is 0 Å². The lowest BCUT2D eigenvalue weighted by atomic mass is 9.91. The number of anilines is 1. The van der Waals surface area contributed by atoms with E-state index < -0.39 is 30.3 Å². The number of hydrogen-bond donors (Lipinski definition) is 2. The molecule has 0 radical (unpaired) electrons. The lowest BCUT2D eigenvalue weighted by Gasteiger charge is -2.41. The average molecular weight is 616 g/mol. The smallest absolute Gasteiger partial charge is 0.392 e. The van der Waals surface area contributed by atoms with Crippen molar-refractivity contribution in [2.45, 2.75) is 62.1 Å². The fourth-order valence-corrected chi connectivity index (χ4v) is 6.33. The Morgan fingerprint density at radius 1 is 1.05 bits per heavy atom. The normalized spacial score (nSPS) is 24.1. The van der Waals surface area contributed by atoms with E-state index in [2.05, 4.69) is 17.2 Å². The van der Waals surface area contributed by atoms with Crippen molar-refractivity contribution < 1.29 is 37.3 Å². The number of amides is 2. The van der Waals surface area contributed by atoms with Crippen LogP contribution in [-0.2, 0) is 25.7 Å². The first-order valence-electron chi connectivity index (χ1n) is 14.0. The Bertz CT molecular complexity index is 1390. The Kier molecular flexibility index (Phi) is 9.70. The van der Waals surface area contributed by atoms with Crippen molar-refractivity contribution in [1.82, 2.24) is 9.88 Å². The molecule has 43 heavy (non-hydrogen) atoms. The summed E-state index contributed by atoms with van der Waals surface area (Å²) in [6, 6.07) is 18.9. The standard InChI is InChI=1S/C31H32F3N3O5S/c1-19-25(18-43-26-6-2-3-15-35-26)41-29(42-27(19)21-9-7-20(17-38)8-10-21)22-11-13-23(14-12-22)36-28(39)24-5-4-16-37(24)30(40)31(32,33)34/h2-3,6-15,19,24-25,27,29,38H,4-5,16-18H2,1H3,(H,36,39)/t19-,24-,25+,27+,29+/m0/s1. The lowest BCUT2D eigenvalue weighted by molar-refractivity contribution is -0.268. The van der Waals surface area contributed by atoms with Crippen LogP contribution in [-0.4, -0.2) is 57.4 Å². The van der Waals surface area contributed by atoms with Crippen molar-refractivity contribution >= 4 is 29.3 Å². The number of alkyl halides is 3. The van der Waals surface area contributed by atoms with Crippen LogP contribution in [0.4, 0.5) is 18.9 Å². The number of thioether (sulfide) groups is 1. The SMILES string of the molecule is C[C@H]1[C@@H](CSc2ccccn2)O[C@@H](c2ccc(NC(=O)[C@@H]3CCCN3C(=O)C(F)(F)F)cc2)O[C@H]1c1ccc(CO)cc1. The molecule has 0 spiro atoms. The summed E-state index contributed by atoms with van der Waals surface area (Å²) in [7, 11) is 0. The Morgan fingerprint density at radius 2 is 1.77 bits per heavy atom. The molecule has 3 aromatic rings. The maximum absolute atomic E-state index is 13.0. The van der Waals surface area contributed by atoms with Gasteiger partial charge in [-0.3, -0.25) is 9.59 Å². The van der Waals surface area contributed by atoms with Crippen LogP contribution in [0.2, 0.25) is 0 Å². The fraction of sp³-hybridized carbons (Fsp3) is 0.387. The molecule has 0 bridgehead atoms. The molecule has 5 atom stereocenters. The number of ether oxygens (including phenoxy) is 2.